The third-order valence-corrected chi connectivity index (χ3v) is 8.91. The maximum atomic E-state index is 14.0. The summed E-state index contributed by atoms with van der Waals surface area (Å²) in [5, 5.41) is 10.2. The predicted octanol–water partition coefficient (Wildman–Crippen LogP) is 4.15. The van der Waals surface area contributed by atoms with Gasteiger partial charge < -0.3 is 5.11 Å². The molecule has 2 saturated heterocycles. The van der Waals surface area contributed by atoms with E-state index in [-0.39, 0.29) is 6.04 Å². The number of likely N-dealkylation sites (tertiary alicyclic amines) is 1. The molecule has 2 aliphatic rings. The lowest BCUT2D eigenvalue weighted by atomic mass is 9.82. The van der Waals surface area contributed by atoms with Gasteiger partial charge in [-0.3, -0.25) is 9.21 Å². The molecule has 33 heavy (non-hydrogen) atoms. The summed E-state index contributed by atoms with van der Waals surface area (Å²) in [5.74, 6) is 0.348. The highest BCUT2D eigenvalue weighted by Gasteiger charge is 2.55. The molecule has 1 spiro atoms. The van der Waals surface area contributed by atoms with Gasteiger partial charge in [0.25, 0.3) is 0 Å². The van der Waals surface area contributed by atoms with Crippen LogP contribution in [-0.4, -0.2) is 54.4 Å². The lowest BCUT2D eigenvalue weighted by Gasteiger charge is -2.47. The summed E-state index contributed by atoms with van der Waals surface area (Å²) in [6, 6.07) is 11.8. The van der Waals surface area contributed by atoms with Crippen LogP contribution in [0.1, 0.15) is 44.7 Å². The van der Waals surface area contributed by atoms with Crippen molar-refractivity contribution in [1.82, 2.24) is 9.21 Å². The van der Waals surface area contributed by atoms with Gasteiger partial charge in [0.05, 0.1) is 11.2 Å². The molecule has 0 aromatic heterocycles. The molecule has 2 aromatic rings. The van der Waals surface area contributed by atoms with E-state index in [1.165, 1.54) is 20.7 Å². The highest BCUT2D eigenvalue weighted by molar-refractivity contribution is 7.90. The van der Waals surface area contributed by atoms with Gasteiger partial charge in [0.1, 0.15) is 11.6 Å². The van der Waals surface area contributed by atoms with Gasteiger partial charge in [0, 0.05) is 32.7 Å². The minimum absolute atomic E-state index is 0.138. The van der Waals surface area contributed by atoms with Crippen molar-refractivity contribution in [2.24, 2.45) is 5.92 Å². The number of nitrogens with zero attached hydrogens (tertiary/aromatic N) is 3. The Kier molecular flexibility index (Phi) is 6.46. The molecule has 6 nitrogen and oxygen atoms in total. The van der Waals surface area contributed by atoms with E-state index in [1.807, 2.05) is 6.07 Å². The Morgan fingerprint density at radius 2 is 1.97 bits per heavy atom. The number of anilines is 1. The molecule has 2 unspecified atom stereocenters. The first kappa shape index (κ1) is 24.0. The topological polar surface area (TPSA) is 64.1 Å². The summed E-state index contributed by atoms with van der Waals surface area (Å²) in [6.45, 7) is 8.26. The minimum atomic E-state index is -3.71. The number of hydrogen-bond acceptors (Lipinski definition) is 4. The zero-order valence-corrected chi connectivity index (χ0v) is 20.6. The fraction of sp³-hybridized carbons (Fsp3) is 0.520. The lowest BCUT2D eigenvalue weighted by molar-refractivity contribution is 0.100. The molecule has 2 heterocycles. The highest BCUT2D eigenvalue weighted by atomic mass is 32.2. The van der Waals surface area contributed by atoms with Gasteiger partial charge in [-0.1, -0.05) is 32.0 Å². The van der Waals surface area contributed by atoms with Crippen LogP contribution in [-0.2, 0) is 23.2 Å². The quantitative estimate of drug-likeness (QED) is 0.706. The molecule has 1 N–H and O–H groups in total. The molecule has 2 aliphatic heterocycles. The Hall–Kier alpha value is -2.16. The van der Waals surface area contributed by atoms with E-state index in [9.17, 15) is 17.9 Å². The SMILES string of the molecule is CC(C)Cc1cc(CN2CCC3(CC2C)CN(C)S(=O)(=O)N3c2cccc(F)c2)ccc1O. The Morgan fingerprint density at radius 1 is 1.21 bits per heavy atom. The summed E-state index contributed by atoms with van der Waals surface area (Å²) in [5.41, 5.74) is 1.89. The average Bonchev–Trinajstić information content (AvgIpc) is 2.91. The van der Waals surface area contributed by atoms with Crippen molar-refractivity contribution in [2.75, 3.05) is 24.4 Å². The Bertz CT molecular complexity index is 1120. The maximum absolute atomic E-state index is 14.0. The number of hydrogen-bond donors (Lipinski definition) is 1. The average molecular weight is 476 g/mol. The van der Waals surface area contributed by atoms with Crippen LogP contribution in [0, 0.1) is 11.7 Å². The van der Waals surface area contributed by atoms with Crippen LogP contribution in [0.3, 0.4) is 0 Å². The van der Waals surface area contributed by atoms with Gasteiger partial charge in [0.2, 0.25) is 0 Å². The van der Waals surface area contributed by atoms with E-state index in [2.05, 4.69) is 31.7 Å². The predicted molar refractivity (Wildman–Crippen MR) is 129 cm³/mol. The molecule has 0 bridgehead atoms. The van der Waals surface area contributed by atoms with Crippen LogP contribution in [0.4, 0.5) is 10.1 Å². The Labute approximate surface area is 196 Å². The van der Waals surface area contributed by atoms with E-state index in [0.717, 1.165) is 30.6 Å². The van der Waals surface area contributed by atoms with Gasteiger partial charge in [-0.05, 0) is 67.5 Å². The molecule has 0 amide bonds. The summed E-state index contributed by atoms with van der Waals surface area (Å²) < 4.78 is 43.2. The van der Waals surface area contributed by atoms with Crippen molar-refractivity contribution >= 4 is 15.9 Å². The number of phenols is 1. The standard InChI is InChI=1S/C25H34FN3O3S/c1-18(2)12-21-13-20(8-9-24(21)30)16-28-11-10-25(15-19(28)3)17-27(4)33(31,32)29(25)23-7-5-6-22(26)14-23/h5-9,13-14,18-19,30H,10-12,15-17H2,1-4H3. The second-order valence-corrected chi connectivity index (χ2v) is 12.0. The second-order valence-electron chi connectivity index (χ2n) is 10.1. The number of likely N-dealkylation sites (N-methyl/N-ethyl adjacent to an activating group) is 1. The van der Waals surface area contributed by atoms with Gasteiger partial charge in [-0.15, -0.1) is 0 Å². The zero-order chi connectivity index (χ0) is 24.0. The van der Waals surface area contributed by atoms with Gasteiger partial charge in [0.15, 0.2) is 0 Å². The largest absolute Gasteiger partial charge is 0.508 e. The molecule has 2 aromatic carbocycles. The molecular weight excluding hydrogens is 441 g/mol. The summed E-state index contributed by atoms with van der Waals surface area (Å²) in [7, 11) is -2.11. The van der Waals surface area contributed by atoms with Crippen molar-refractivity contribution in [3.8, 4) is 5.75 Å². The van der Waals surface area contributed by atoms with Crippen molar-refractivity contribution in [1.29, 1.82) is 0 Å². The maximum Gasteiger partial charge on any atom is 0.304 e. The van der Waals surface area contributed by atoms with Crippen LogP contribution in [0.15, 0.2) is 42.5 Å². The summed E-state index contributed by atoms with van der Waals surface area (Å²) in [4.78, 5) is 2.37. The van der Waals surface area contributed by atoms with E-state index >= 15 is 0 Å². The first-order valence-electron chi connectivity index (χ1n) is 11.6. The fourth-order valence-electron chi connectivity index (χ4n) is 5.45. The second kappa shape index (κ2) is 8.89. The van der Waals surface area contributed by atoms with Crippen LogP contribution in [0.5, 0.6) is 5.75 Å². The smallest absolute Gasteiger partial charge is 0.304 e. The molecule has 0 aliphatic carbocycles. The van der Waals surface area contributed by atoms with Crippen LogP contribution in [0.25, 0.3) is 0 Å². The molecule has 2 atom stereocenters. The van der Waals surface area contributed by atoms with Gasteiger partial charge >= 0.3 is 10.2 Å². The van der Waals surface area contributed by atoms with Crippen molar-refractivity contribution < 1.29 is 17.9 Å². The van der Waals surface area contributed by atoms with Crippen LogP contribution < -0.4 is 4.31 Å². The molecule has 8 heteroatoms. The van der Waals surface area contributed by atoms with Crippen molar-refractivity contribution in [3.63, 3.8) is 0 Å². The first-order valence-corrected chi connectivity index (χ1v) is 13.0. The molecule has 0 radical (unpaired) electrons. The Morgan fingerprint density at radius 3 is 2.64 bits per heavy atom. The number of piperidine rings is 1. The summed E-state index contributed by atoms with van der Waals surface area (Å²) in [6.07, 6.45) is 2.14. The number of aromatic hydroxyl groups is 1. The van der Waals surface area contributed by atoms with E-state index in [1.54, 1.807) is 25.2 Å². The monoisotopic (exact) mass is 475 g/mol. The number of rotatable bonds is 5. The van der Waals surface area contributed by atoms with Gasteiger partial charge in [-0.2, -0.15) is 12.7 Å². The van der Waals surface area contributed by atoms with Crippen LogP contribution in [0.2, 0.25) is 0 Å². The third-order valence-electron chi connectivity index (χ3n) is 6.94. The van der Waals surface area contributed by atoms with E-state index in [0.29, 0.717) is 36.7 Å². The lowest BCUT2D eigenvalue weighted by Crippen LogP contribution is -2.57. The first-order chi connectivity index (χ1) is 15.5. The molecular formula is C25H34FN3O3S. The Balaban J connectivity index is 1.57. The van der Waals surface area contributed by atoms with Crippen molar-refractivity contribution in [3.05, 3.63) is 59.4 Å². The zero-order valence-electron chi connectivity index (χ0n) is 19.8. The third kappa shape index (κ3) is 4.61. The molecule has 180 valence electrons. The normalized spacial score (nSPS) is 25.9. The van der Waals surface area contributed by atoms with E-state index in [4.69, 9.17) is 0 Å². The molecule has 4 rings (SSSR count). The number of halogens is 1. The van der Waals surface area contributed by atoms with Crippen LogP contribution >= 0.6 is 0 Å². The van der Waals surface area contributed by atoms with Gasteiger partial charge in [-0.25, -0.2) is 4.39 Å². The molecule has 2 fully saturated rings. The molecule has 0 saturated carbocycles. The summed E-state index contributed by atoms with van der Waals surface area (Å²) >= 11 is 0. The fourth-order valence-corrected chi connectivity index (χ4v) is 7.22. The number of phenolic OH excluding ortho intramolecular Hbond substituents is 1. The highest BCUT2D eigenvalue weighted by Crippen LogP contribution is 2.44. The van der Waals surface area contributed by atoms with E-state index < -0.39 is 21.6 Å². The minimum Gasteiger partial charge on any atom is -0.508 e. The van der Waals surface area contributed by atoms with Crippen molar-refractivity contribution in [2.45, 2.75) is 58.2 Å². The number of benzene rings is 2.